The van der Waals surface area contributed by atoms with Crippen LogP contribution in [0.2, 0.25) is 0 Å². The van der Waals surface area contributed by atoms with Crippen molar-refractivity contribution >= 4 is 51.2 Å². The number of aryl methyl sites for hydroxylation is 1. The van der Waals surface area contributed by atoms with E-state index in [1.165, 1.54) is 50.5 Å². The maximum absolute atomic E-state index is 3.51. The van der Waals surface area contributed by atoms with Crippen LogP contribution >= 0.6 is 21.6 Å². The summed E-state index contributed by atoms with van der Waals surface area (Å²) < 4.78 is 2.29. The molecule has 54 heavy (non-hydrogen) atoms. The van der Waals surface area contributed by atoms with Crippen molar-refractivity contribution in [1.82, 2.24) is 5.32 Å². The highest BCUT2D eigenvalue weighted by Crippen LogP contribution is 2.24. The zero-order valence-electron chi connectivity index (χ0n) is 32.5. The van der Waals surface area contributed by atoms with E-state index in [0.29, 0.717) is 0 Å². The molecule has 0 saturated carbocycles. The van der Waals surface area contributed by atoms with Crippen LogP contribution in [0.25, 0.3) is 18.2 Å². The zero-order chi connectivity index (χ0) is 38.0. The number of nitrogens with zero attached hydrogens (tertiary/aromatic N) is 3. The molecule has 0 aliphatic rings. The molecule has 4 nitrogen and oxygen atoms in total. The predicted octanol–water partition coefficient (Wildman–Crippen LogP) is 11.1. The van der Waals surface area contributed by atoms with E-state index >= 15 is 0 Å². The summed E-state index contributed by atoms with van der Waals surface area (Å²) in [5, 5.41) is 3.51. The summed E-state index contributed by atoms with van der Waals surface area (Å²) in [6, 6.07) is 43.2. The number of aromatic nitrogens is 1. The molecule has 5 rings (SSSR count). The summed E-state index contributed by atoms with van der Waals surface area (Å²) >= 11 is 0. The average molecular weight is 752 g/mol. The fourth-order valence-electron chi connectivity index (χ4n) is 5.88. The number of rotatable bonds is 19. The van der Waals surface area contributed by atoms with Gasteiger partial charge >= 0.3 is 0 Å². The third kappa shape index (κ3) is 13.5. The Hall–Kier alpha value is -4.91. The normalized spacial score (nSPS) is 12.1. The molecule has 6 heteroatoms. The van der Waals surface area contributed by atoms with Gasteiger partial charge in [0, 0.05) is 86.9 Å². The Morgan fingerprint density at radius 3 is 1.76 bits per heavy atom. The van der Waals surface area contributed by atoms with E-state index in [4.69, 9.17) is 0 Å². The Morgan fingerprint density at radius 1 is 0.667 bits per heavy atom. The van der Waals surface area contributed by atoms with E-state index in [1.807, 2.05) is 21.6 Å². The van der Waals surface area contributed by atoms with Gasteiger partial charge in [0.2, 0.25) is 0 Å². The first-order chi connectivity index (χ1) is 26.4. The summed E-state index contributed by atoms with van der Waals surface area (Å²) in [4.78, 5) is 4.68. The molecule has 1 N–H and O–H groups in total. The van der Waals surface area contributed by atoms with Crippen molar-refractivity contribution < 1.29 is 4.57 Å². The minimum absolute atomic E-state index is 0.828. The number of anilines is 2. The second-order valence-electron chi connectivity index (χ2n) is 13.5. The van der Waals surface area contributed by atoms with Gasteiger partial charge in [0.05, 0.1) is 0 Å². The van der Waals surface area contributed by atoms with Crippen molar-refractivity contribution in [3.8, 4) is 0 Å². The average Bonchev–Trinajstić information content (AvgIpc) is 3.21. The largest absolute Gasteiger partial charge is 0.384 e. The van der Waals surface area contributed by atoms with Crippen LogP contribution in [-0.4, -0.2) is 38.7 Å². The monoisotopic (exact) mass is 751 g/mol. The minimum Gasteiger partial charge on any atom is -0.384 e. The van der Waals surface area contributed by atoms with Crippen LogP contribution in [0.4, 0.5) is 11.4 Å². The summed E-state index contributed by atoms with van der Waals surface area (Å²) in [6.07, 6.45) is 15.3. The van der Waals surface area contributed by atoms with E-state index in [-0.39, 0.29) is 0 Å². The molecular weight excluding hydrogens is 697 g/mol. The SMILES string of the molecule is C/C=C(\C=C(\C)NCc1ccccc1)/C=C/c1ccc(N(C)CCSSCCN(C)c2ccc(/C=C/c3cc[n+](Cc4ccccc4)c(C)c3)cc2)cc1. The fourth-order valence-corrected chi connectivity index (χ4v) is 7.97. The number of hydrogen-bond donors (Lipinski definition) is 1. The van der Waals surface area contributed by atoms with Crippen LogP contribution < -0.4 is 19.7 Å². The van der Waals surface area contributed by atoms with Gasteiger partial charge in [-0.2, -0.15) is 4.57 Å². The van der Waals surface area contributed by atoms with Gasteiger partial charge in [-0.3, -0.25) is 0 Å². The maximum atomic E-state index is 3.51. The molecule has 1 heterocycles. The smallest absolute Gasteiger partial charge is 0.179 e. The van der Waals surface area contributed by atoms with Gasteiger partial charge in [0.1, 0.15) is 0 Å². The minimum atomic E-state index is 0.828. The quantitative estimate of drug-likeness (QED) is 0.0392. The molecule has 0 amide bonds. The molecule has 0 aliphatic carbocycles. The number of nitrogens with one attached hydrogen (secondary N) is 1. The standard InChI is InChI=1S/C48H55N4S2/c1-6-41(35-39(2)49-37-45-13-9-7-10-14-45)17-18-42-21-25-47(26-22-42)50(4)31-33-53-54-34-32-51(5)48-27-23-43(24-28-48)19-20-44-29-30-52(40(3)36-44)38-46-15-11-8-12-16-46/h6-30,35-36,49H,31-34,37-38H2,1-5H3/q+1/b18-17+,39-35-,41-6-. The topological polar surface area (TPSA) is 22.4 Å². The van der Waals surface area contributed by atoms with Crippen LogP contribution in [0, 0.1) is 6.92 Å². The molecular formula is C48H55N4S2+. The highest BCUT2D eigenvalue weighted by atomic mass is 33.1. The first-order valence-electron chi connectivity index (χ1n) is 18.8. The highest BCUT2D eigenvalue weighted by Gasteiger charge is 2.08. The van der Waals surface area contributed by atoms with Crippen molar-refractivity contribution in [2.24, 2.45) is 0 Å². The van der Waals surface area contributed by atoms with Crippen molar-refractivity contribution in [2.45, 2.75) is 33.9 Å². The van der Waals surface area contributed by atoms with Gasteiger partial charge in [0.25, 0.3) is 0 Å². The lowest BCUT2D eigenvalue weighted by Gasteiger charge is -2.20. The first-order valence-corrected chi connectivity index (χ1v) is 21.2. The molecule has 278 valence electrons. The third-order valence-electron chi connectivity index (χ3n) is 9.31. The number of hydrogen-bond acceptors (Lipinski definition) is 5. The Labute approximate surface area is 332 Å². The van der Waals surface area contributed by atoms with E-state index in [1.54, 1.807) is 0 Å². The van der Waals surface area contributed by atoms with Gasteiger partial charge in [-0.25, -0.2) is 0 Å². The lowest BCUT2D eigenvalue weighted by molar-refractivity contribution is -0.694. The van der Waals surface area contributed by atoms with Gasteiger partial charge in [-0.1, -0.05) is 137 Å². The van der Waals surface area contributed by atoms with Gasteiger partial charge in [-0.15, -0.1) is 0 Å². The van der Waals surface area contributed by atoms with E-state index in [0.717, 1.165) is 43.4 Å². The van der Waals surface area contributed by atoms with Crippen LogP contribution in [0.1, 0.15) is 47.4 Å². The zero-order valence-corrected chi connectivity index (χ0v) is 34.1. The van der Waals surface area contributed by atoms with E-state index in [9.17, 15) is 0 Å². The molecule has 4 aromatic carbocycles. The lowest BCUT2D eigenvalue weighted by Crippen LogP contribution is -2.37. The maximum Gasteiger partial charge on any atom is 0.179 e. The molecule has 0 unspecified atom stereocenters. The van der Waals surface area contributed by atoms with Gasteiger partial charge in [0.15, 0.2) is 18.4 Å². The predicted molar refractivity (Wildman–Crippen MR) is 240 cm³/mol. The highest BCUT2D eigenvalue weighted by molar-refractivity contribution is 8.76. The molecule has 0 saturated heterocycles. The van der Waals surface area contributed by atoms with Crippen LogP contribution in [0.15, 0.2) is 157 Å². The first kappa shape index (κ1) is 40.3. The van der Waals surface area contributed by atoms with E-state index in [2.05, 4.69) is 219 Å². The van der Waals surface area contributed by atoms with E-state index < -0.39 is 0 Å². The fraction of sp³-hybridized carbons (Fsp3) is 0.229. The Balaban J connectivity index is 0.973. The van der Waals surface area contributed by atoms with Gasteiger partial charge < -0.3 is 15.1 Å². The Morgan fingerprint density at radius 2 is 1.20 bits per heavy atom. The lowest BCUT2D eigenvalue weighted by atomic mass is 10.1. The second kappa shape index (κ2) is 21.7. The van der Waals surface area contributed by atoms with Crippen LogP contribution in [0.3, 0.4) is 0 Å². The van der Waals surface area contributed by atoms with Crippen molar-refractivity contribution in [2.75, 3.05) is 48.5 Å². The molecule has 0 atom stereocenters. The van der Waals surface area contributed by atoms with Crippen molar-refractivity contribution in [1.29, 1.82) is 0 Å². The molecule has 5 aromatic rings. The number of allylic oxidation sites excluding steroid dienone is 5. The third-order valence-corrected chi connectivity index (χ3v) is 11.7. The molecule has 1 aromatic heterocycles. The number of benzene rings is 4. The van der Waals surface area contributed by atoms with Crippen molar-refractivity contribution in [3.05, 3.63) is 191 Å². The molecule has 0 radical (unpaired) electrons. The summed E-state index contributed by atoms with van der Waals surface area (Å²) in [7, 11) is 8.27. The van der Waals surface area contributed by atoms with Crippen LogP contribution in [-0.2, 0) is 13.1 Å². The van der Waals surface area contributed by atoms with Crippen LogP contribution in [0.5, 0.6) is 0 Å². The number of pyridine rings is 1. The Bertz CT molecular complexity index is 1980. The van der Waals surface area contributed by atoms with Crippen molar-refractivity contribution in [3.63, 3.8) is 0 Å². The molecule has 0 spiro atoms. The summed E-state index contributed by atoms with van der Waals surface area (Å²) in [5.41, 5.74) is 12.3. The van der Waals surface area contributed by atoms with Gasteiger partial charge in [-0.05, 0) is 72.0 Å². The summed E-state index contributed by atoms with van der Waals surface area (Å²) in [6.45, 7) is 10.1. The molecule has 0 fully saturated rings. The molecule has 0 bridgehead atoms. The second-order valence-corrected chi connectivity index (χ2v) is 16.2. The summed E-state index contributed by atoms with van der Waals surface area (Å²) in [5.74, 6) is 2.16. The molecule has 0 aliphatic heterocycles. The Kier molecular flexibility index (Phi) is 16.2.